The van der Waals surface area contributed by atoms with Crippen LogP contribution in [0.3, 0.4) is 0 Å². The van der Waals surface area contributed by atoms with Crippen molar-refractivity contribution in [3.05, 3.63) is 54.1 Å². The van der Waals surface area contributed by atoms with Gasteiger partial charge in [0.1, 0.15) is 5.75 Å². The van der Waals surface area contributed by atoms with Gasteiger partial charge in [-0.3, -0.25) is 9.69 Å². The highest BCUT2D eigenvalue weighted by atomic mass is 32.1. The SMILES string of the molecule is CC(CN(CCc1ccc(Oc2nc3ccccc3s2)cc1)C1CC1)C(=O)O. The van der Waals surface area contributed by atoms with Crippen LogP contribution in [0.5, 0.6) is 10.9 Å². The van der Waals surface area contributed by atoms with Crippen molar-refractivity contribution in [2.75, 3.05) is 13.1 Å². The summed E-state index contributed by atoms with van der Waals surface area (Å²) in [5.74, 6) is -0.270. The van der Waals surface area contributed by atoms with E-state index >= 15 is 0 Å². The van der Waals surface area contributed by atoms with Gasteiger partial charge in [-0.05, 0) is 49.1 Å². The lowest BCUT2D eigenvalue weighted by Gasteiger charge is -2.24. The fourth-order valence-corrected chi connectivity index (χ4v) is 4.12. The maximum Gasteiger partial charge on any atom is 0.307 e. The van der Waals surface area contributed by atoms with Crippen molar-refractivity contribution in [2.45, 2.75) is 32.2 Å². The smallest absolute Gasteiger partial charge is 0.307 e. The van der Waals surface area contributed by atoms with E-state index in [-0.39, 0.29) is 5.92 Å². The number of rotatable bonds is 9. The van der Waals surface area contributed by atoms with Gasteiger partial charge in [0.05, 0.1) is 16.1 Å². The molecule has 5 nitrogen and oxygen atoms in total. The van der Waals surface area contributed by atoms with Gasteiger partial charge in [0.2, 0.25) is 0 Å². The van der Waals surface area contributed by atoms with Crippen LogP contribution >= 0.6 is 11.3 Å². The first-order chi connectivity index (χ1) is 13.6. The Balaban J connectivity index is 1.34. The quantitative estimate of drug-likeness (QED) is 0.562. The number of aliphatic carboxylic acids is 1. The lowest BCUT2D eigenvalue weighted by molar-refractivity contribution is -0.141. The largest absolute Gasteiger partial charge is 0.481 e. The van der Waals surface area contributed by atoms with Crippen LogP contribution in [0.15, 0.2) is 48.5 Å². The molecule has 3 aromatic rings. The monoisotopic (exact) mass is 396 g/mol. The molecular formula is C22H24N2O3S. The van der Waals surface area contributed by atoms with E-state index in [0.29, 0.717) is 17.8 Å². The number of thiazole rings is 1. The third-order valence-electron chi connectivity index (χ3n) is 5.08. The number of aromatic nitrogens is 1. The van der Waals surface area contributed by atoms with Crippen LogP contribution in [0.25, 0.3) is 10.2 Å². The van der Waals surface area contributed by atoms with Crippen molar-refractivity contribution in [2.24, 2.45) is 5.92 Å². The second kappa shape index (κ2) is 8.29. The first kappa shape index (κ1) is 18.9. The fourth-order valence-electron chi connectivity index (χ4n) is 3.28. The molecule has 1 aliphatic carbocycles. The summed E-state index contributed by atoms with van der Waals surface area (Å²) in [4.78, 5) is 18.0. The van der Waals surface area contributed by atoms with Gasteiger partial charge < -0.3 is 9.84 Å². The maximum absolute atomic E-state index is 11.2. The highest BCUT2D eigenvalue weighted by Gasteiger charge is 2.30. The van der Waals surface area contributed by atoms with Crippen molar-refractivity contribution >= 4 is 27.5 Å². The molecule has 1 saturated carbocycles. The van der Waals surface area contributed by atoms with Crippen LogP contribution in [0.2, 0.25) is 0 Å². The molecule has 28 heavy (non-hydrogen) atoms. The van der Waals surface area contributed by atoms with Gasteiger partial charge in [0, 0.05) is 19.1 Å². The molecule has 0 bridgehead atoms. The molecule has 4 rings (SSSR count). The Labute approximate surface area is 168 Å². The molecule has 1 heterocycles. The van der Waals surface area contributed by atoms with E-state index in [1.54, 1.807) is 18.3 Å². The van der Waals surface area contributed by atoms with Crippen molar-refractivity contribution in [1.82, 2.24) is 9.88 Å². The Bertz CT molecular complexity index is 917. The topological polar surface area (TPSA) is 62.7 Å². The number of fused-ring (bicyclic) bond motifs is 1. The van der Waals surface area contributed by atoms with E-state index in [4.69, 9.17) is 4.74 Å². The normalized spacial score (nSPS) is 15.1. The number of hydrogen-bond acceptors (Lipinski definition) is 5. The molecule has 1 N–H and O–H groups in total. The van der Waals surface area contributed by atoms with Crippen LogP contribution in [0.1, 0.15) is 25.3 Å². The number of ether oxygens (including phenoxy) is 1. The van der Waals surface area contributed by atoms with E-state index in [9.17, 15) is 9.90 Å². The van der Waals surface area contributed by atoms with Crippen LogP contribution < -0.4 is 4.74 Å². The van der Waals surface area contributed by atoms with E-state index in [1.807, 2.05) is 36.4 Å². The number of carboxylic acids is 1. The first-order valence-corrected chi connectivity index (χ1v) is 10.5. The van der Waals surface area contributed by atoms with Crippen molar-refractivity contribution in [1.29, 1.82) is 0 Å². The summed E-state index contributed by atoms with van der Waals surface area (Å²) >= 11 is 1.54. The number of nitrogens with zero attached hydrogens (tertiary/aromatic N) is 2. The van der Waals surface area contributed by atoms with Gasteiger partial charge in [-0.1, -0.05) is 42.5 Å². The van der Waals surface area contributed by atoms with Crippen LogP contribution in [0, 0.1) is 5.92 Å². The van der Waals surface area contributed by atoms with Gasteiger partial charge in [0.25, 0.3) is 5.19 Å². The summed E-state index contributed by atoms with van der Waals surface area (Å²) in [6.07, 6.45) is 3.27. The molecule has 2 aromatic carbocycles. The molecule has 6 heteroatoms. The summed E-state index contributed by atoms with van der Waals surface area (Å²) in [6.45, 7) is 3.30. The van der Waals surface area contributed by atoms with Crippen molar-refractivity contribution < 1.29 is 14.6 Å². The van der Waals surface area contributed by atoms with Gasteiger partial charge in [-0.25, -0.2) is 4.98 Å². The van der Waals surface area contributed by atoms with Gasteiger partial charge >= 0.3 is 5.97 Å². The number of para-hydroxylation sites is 1. The van der Waals surface area contributed by atoms with E-state index in [0.717, 1.165) is 28.9 Å². The van der Waals surface area contributed by atoms with Crippen molar-refractivity contribution in [3.8, 4) is 10.9 Å². The molecule has 0 saturated heterocycles. The zero-order chi connectivity index (χ0) is 19.5. The molecule has 1 aliphatic rings. The predicted molar refractivity (Wildman–Crippen MR) is 111 cm³/mol. The number of benzene rings is 2. The molecular weight excluding hydrogens is 372 g/mol. The Morgan fingerprint density at radius 1 is 1.25 bits per heavy atom. The first-order valence-electron chi connectivity index (χ1n) is 9.68. The predicted octanol–water partition coefficient (Wildman–Crippen LogP) is 4.82. The van der Waals surface area contributed by atoms with Crippen LogP contribution in [-0.4, -0.2) is 40.1 Å². The Kier molecular flexibility index (Phi) is 5.59. The third kappa shape index (κ3) is 4.69. The zero-order valence-corrected chi connectivity index (χ0v) is 16.7. The molecule has 1 unspecified atom stereocenters. The van der Waals surface area contributed by atoms with Crippen LogP contribution in [0.4, 0.5) is 0 Å². The highest BCUT2D eigenvalue weighted by Crippen LogP contribution is 2.31. The summed E-state index contributed by atoms with van der Waals surface area (Å²) in [6, 6.07) is 16.7. The fraction of sp³-hybridized carbons (Fsp3) is 0.364. The van der Waals surface area contributed by atoms with E-state index < -0.39 is 5.97 Å². The highest BCUT2D eigenvalue weighted by molar-refractivity contribution is 7.20. The van der Waals surface area contributed by atoms with Gasteiger partial charge in [-0.2, -0.15) is 0 Å². The number of carbonyl (C=O) groups is 1. The molecule has 0 amide bonds. The molecule has 0 aliphatic heterocycles. The molecule has 0 radical (unpaired) electrons. The maximum atomic E-state index is 11.2. The Hall–Kier alpha value is -2.44. The summed E-state index contributed by atoms with van der Waals surface area (Å²) in [5, 5.41) is 9.82. The van der Waals surface area contributed by atoms with E-state index in [1.165, 1.54) is 18.4 Å². The molecule has 1 aromatic heterocycles. The molecule has 146 valence electrons. The van der Waals surface area contributed by atoms with E-state index in [2.05, 4.69) is 22.0 Å². The Morgan fingerprint density at radius 2 is 2.00 bits per heavy atom. The summed E-state index contributed by atoms with van der Waals surface area (Å²) < 4.78 is 7.02. The number of carboxylic acid groups (broad SMARTS) is 1. The molecule has 1 fully saturated rings. The Morgan fingerprint density at radius 3 is 2.68 bits per heavy atom. The standard InChI is InChI=1S/C22H24N2O3S/c1-15(21(25)26)14-24(17-8-9-17)13-12-16-6-10-18(11-7-16)27-22-23-19-4-2-3-5-20(19)28-22/h2-7,10-11,15,17H,8-9,12-14H2,1H3,(H,25,26). The zero-order valence-electron chi connectivity index (χ0n) is 15.9. The third-order valence-corrected chi connectivity index (χ3v) is 6.00. The average Bonchev–Trinajstić information content (AvgIpc) is 3.45. The average molecular weight is 397 g/mol. The van der Waals surface area contributed by atoms with Crippen molar-refractivity contribution in [3.63, 3.8) is 0 Å². The lowest BCUT2D eigenvalue weighted by atomic mass is 10.1. The summed E-state index contributed by atoms with van der Waals surface area (Å²) in [7, 11) is 0. The lowest BCUT2D eigenvalue weighted by Crippen LogP contribution is -2.35. The second-order valence-electron chi connectivity index (χ2n) is 7.41. The minimum absolute atomic E-state index is 0.329. The van der Waals surface area contributed by atoms with Crippen LogP contribution in [-0.2, 0) is 11.2 Å². The van der Waals surface area contributed by atoms with Gasteiger partial charge in [0.15, 0.2) is 0 Å². The second-order valence-corrected chi connectivity index (χ2v) is 8.40. The summed E-state index contributed by atoms with van der Waals surface area (Å²) in [5.41, 5.74) is 2.18. The molecule has 0 spiro atoms. The van der Waals surface area contributed by atoms with Gasteiger partial charge in [-0.15, -0.1) is 0 Å². The number of hydrogen-bond donors (Lipinski definition) is 1. The minimum Gasteiger partial charge on any atom is -0.481 e. The minimum atomic E-state index is -0.720. The molecule has 1 atom stereocenters.